The molecular weight excluding hydrogens is 354 g/mol. The molecule has 1 atom stereocenters. The zero-order valence-corrected chi connectivity index (χ0v) is 15.5. The van der Waals surface area contributed by atoms with Gasteiger partial charge in [-0.25, -0.2) is 4.79 Å². The number of ether oxygens (including phenoxy) is 1. The van der Waals surface area contributed by atoms with Crippen molar-refractivity contribution in [1.29, 1.82) is 0 Å². The number of carbonyl (C=O) groups excluding carboxylic acids is 4. The van der Waals surface area contributed by atoms with Crippen LogP contribution in [0.15, 0.2) is 30.3 Å². The first-order valence-electron chi connectivity index (χ1n) is 8.34. The summed E-state index contributed by atoms with van der Waals surface area (Å²) < 4.78 is 5.17. The van der Waals surface area contributed by atoms with E-state index in [9.17, 15) is 24.3 Å². The Hall–Kier alpha value is -3.10. The smallest absolute Gasteiger partial charge is 0.408 e. The molecule has 1 aromatic carbocycles. The molecule has 1 rings (SSSR count). The van der Waals surface area contributed by atoms with Gasteiger partial charge in [0.2, 0.25) is 11.8 Å². The quantitative estimate of drug-likeness (QED) is 0.536. The second kappa shape index (κ2) is 10.1. The minimum absolute atomic E-state index is 0.187. The van der Waals surface area contributed by atoms with Gasteiger partial charge in [0.15, 0.2) is 0 Å². The summed E-state index contributed by atoms with van der Waals surface area (Å²) in [5, 5.41) is 17.2. The highest BCUT2D eigenvalue weighted by Crippen LogP contribution is 2.08. The Labute approximate surface area is 157 Å². The van der Waals surface area contributed by atoms with E-state index in [-0.39, 0.29) is 6.42 Å². The van der Waals surface area contributed by atoms with Crippen LogP contribution in [-0.4, -0.2) is 48.6 Å². The van der Waals surface area contributed by atoms with Gasteiger partial charge in [-0.1, -0.05) is 30.3 Å². The molecule has 0 radical (unpaired) electrons. The van der Waals surface area contributed by atoms with Crippen LogP contribution in [0, 0.1) is 0 Å². The molecule has 0 aliphatic carbocycles. The first-order chi connectivity index (χ1) is 12.6. The first kappa shape index (κ1) is 21.9. The van der Waals surface area contributed by atoms with Crippen molar-refractivity contribution >= 4 is 23.9 Å². The number of carboxylic acid groups (broad SMARTS) is 1. The fraction of sp³-hybridized carbons (Fsp3) is 0.444. The van der Waals surface area contributed by atoms with Crippen LogP contribution in [0.4, 0.5) is 4.79 Å². The van der Waals surface area contributed by atoms with Crippen molar-refractivity contribution in [3.8, 4) is 0 Å². The molecule has 9 heteroatoms. The standard InChI is InChI=1S/C18H25N3O6/c1-18(2,3)27-17(26)21-13(9-12-7-5-4-6-8-12)16(25)20-10-14(22)19-11-15(23)24/h4-8,13H,9-11H2,1-3H3,(H,19,22)(H,20,25)(H,21,26)(H,23,24)/p-1/t13-/m0/s1. The molecule has 3 amide bonds. The summed E-state index contributed by atoms with van der Waals surface area (Å²) in [5.41, 5.74) is 0.0675. The summed E-state index contributed by atoms with van der Waals surface area (Å²) in [4.78, 5) is 46.2. The third-order valence-electron chi connectivity index (χ3n) is 3.14. The van der Waals surface area contributed by atoms with E-state index in [1.807, 2.05) is 6.07 Å². The lowest BCUT2D eigenvalue weighted by Gasteiger charge is -2.23. The SMILES string of the molecule is CC(C)(C)OC(=O)N[C@@H](Cc1ccccc1)C(=O)NCC(=O)NCC(=O)[O-]. The van der Waals surface area contributed by atoms with Gasteiger partial charge < -0.3 is 30.6 Å². The van der Waals surface area contributed by atoms with Crippen molar-refractivity contribution in [3.05, 3.63) is 35.9 Å². The number of benzene rings is 1. The van der Waals surface area contributed by atoms with Crippen LogP contribution in [0.1, 0.15) is 26.3 Å². The van der Waals surface area contributed by atoms with Crippen molar-refractivity contribution in [2.45, 2.75) is 38.8 Å². The Balaban J connectivity index is 2.71. The second-order valence-electron chi connectivity index (χ2n) is 6.76. The fourth-order valence-electron chi connectivity index (χ4n) is 2.03. The minimum atomic E-state index is -1.44. The molecule has 0 aliphatic heterocycles. The van der Waals surface area contributed by atoms with Gasteiger partial charge in [-0.15, -0.1) is 0 Å². The molecule has 27 heavy (non-hydrogen) atoms. The Kier molecular flexibility index (Phi) is 8.25. The van der Waals surface area contributed by atoms with Gasteiger partial charge in [0.1, 0.15) is 11.6 Å². The lowest BCUT2D eigenvalue weighted by atomic mass is 10.1. The maximum atomic E-state index is 12.4. The summed E-state index contributed by atoms with van der Waals surface area (Å²) in [5.74, 6) is -2.74. The fourth-order valence-corrected chi connectivity index (χ4v) is 2.03. The van der Waals surface area contributed by atoms with Crippen molar-refractivity contribution in [2.75, 3.05) is 13.1 Å². The Morgan fingerprint density at radius 3 is 2.22 bits per heavy atom. The van der Waals surface area contributed by atoms with Gasteiger partial charge in [0.25, 0.3) is 0 Å². The van der Waals surface area contributed by atoms with Gasteiger partial charge in [0, 0.05) is 6.42 Å². The Morgan fingerprint density at radius 1 is 1.04 bits per heavy atom. The van der Waals surface area contributed by atoms with Crippen molar-refractivity contribution in [2.24, 2.45) is 0 Å². The molecule has 0 saturated heterocycles. The lowest BCUT2D eigenvalue weighted by molar-refractivity contribution is -0.304. The van der Waals surface area contributed by atoms with E-state index in [0.717, 1.165) is 5.56 Å². The van der Waals surface area contributed by atoms with E-state index in [2.05, 4.69) is 16.0 Å². The van der Waals surface area contributed by atoms with E-state index >= 15 is 0 Å². The molecule has 148 valence electrons. The molecule has 0 saturated carbocycles. The summed E-state index contributed by atoms with van der Waals surface area (Å²) in [6.07, 6.45) is -0.577. The van der Waals surface area contributed by atoms with E-state index < -0.39 is 48.6 Å². The van der Waals surface area contributed by atoms with Gasteiger partial charge in [-0.05, 0) is 26.3 Å². The average Bonchev–Trinajstić information content (AvgIpc) is 2.56. The number of hydrogen-bond acceptors (Lipinski definition) is 6. The normalized spacial score (nSPS) is 11.8. The molecule has 0 fully saturated rings. The molecule has 0 bridgehead atoms. The maximum Gasteiger partial charge on any atom is 0.408 e. The summed E-state index contributed by atoms with van der Waals surface area (Å²) in [6, 6.07) is 8.03. The Bertz CT molecular complexity index is 669. The predicted molar refractivity (Wildman–Crippen MR) is 94.3 cm³/mol. The molecule has 0 spiro atoms. The number of alkyl carbamates (subject to hydrolysis) is 1. The largest absolute Gasteiger partial charge is 0.548 e. The van der Waals surface area contributed by atoms with Crippen LogP contribution in [0.2, 0.25) is 0 Å². The molecule has 0 heterocycles. The second-order valence-corrected chi connectivity index (χ2v) is 6.76. The van der Waals surface area contributed by atoms with Crippen molar-refractivity contribution < 1.29 is 29.0 Å². The van der Waals surface area contributed by atoms with E-state index in [0.29, 0.717) is 0 Å². The van der Waals surface area contributed by atoms with Gasteiger partial charge in [0.05, 0.1) is 19.1 Å². The monoisotopic (exact) mass is 378 g/mol. The Morgan fingerprint density at radius 2 is 1.67 bits per heavy atom. The molecule has 0 unspecified atom stereocenters. The molecule has 9 nitrogen and oxygen atoms in total. The predicted octanol–water partition coefficient (Wildman–Crippen LogP) is -0.895. The summed E-state index contributed by atoms with van der Waals surface area (Å²) >= 11 is 0. The third kappa shape index (κ3) is 9.83. The number of amides is 3. The third-order valence-corrected chi connectivity index (χ3v) is 3.14. The number of rotatable bonds is 8. The number of carboxylic acids is 1. The van der Waals surface area contributed by atoms with Crippen molar-refractivity contribution in [3.63, 3.8) is 0 Å². The van der Waals surface area contributed by atoms with Crippen LogP contribution in [0.5, 0.6) is 0 Å². The van der Waals surface area contributed by atoms with Gasteiger partial charge >= 0.3 is 6.09 Å². The highest BCUT2D eigenvalue weighted by atomic mass is 16.6. The average molecular weight is 378 g/mol. The first-order valence-corrected chi connectivity index (χ1v) is 8.34. The number of nitrogens with one attached hydrogen (secondary N) is 3. The molecular formula is C18H24N3O6-. The van der Waals surface area contributed by atoms with E-state index in [1.54, 1.807) is 45.0 Å². The summed E-state index contributed by atoms with van der Waals surface area (Å²) in [6.45, 7) is 3.99. The van der Waals surface area contributed by atoms with Gasteiger partial charge in [-0.2, -0.15) is 0 Å². The summed E-state index contributed by atoms with van der Waals surface area (Å²) in [7, 11) is 0. The topological polar surface area (TPSA) is 137 Å². The minimum Gasteiger partial charge on any atom is -0.548 e. The van der Waals surface area contributed by atoms with E-state index in [1.165, 1.54) is 0 Å². The van der Waals surface area contributed by atoms with Crippen LogP contribution >= 0.6 is 0 Å². The molecule has 0 aromatic heterocycles. The van der Waals surface area contributed by atoms with E-state index in [4.69, 9.17) is 4.74 Å². The van der Waals surface area contributed by atoms with Crippen LogP contribution in [0.25, 0.3) is 0 Å². The van der Waals surface area contributed by atoms with Crippen LogP contribution in [0.3, 0.4) is 0 Å². The van der Waals surface area contributed by atoms with Crippen LogP contribution < -0.4 is 21.1 Å². The zero-order valence-electron chi connectivity index (χ0n) is 15.5. The molecule has 3 N–H and O–H groups in total. The van der Waals surface area contributed by atoms with Gasteiger partial charge in [-0.3, -0.25) is 9.59 Å². The number of aliphatic carboxylic acids is 1. The molecule has 1 aromatic rings. The number of carbonyl (C=O) groups is 4. The highest BCUT2D eigenvalue weighted by Gasteiger charge is 2.25. The number of hydrogen-bond donors (Lipinski definition) is 3. The van der Waals surface area contributed by atoms with Crippen LogP contribution in [-0.2, 0) is 25.5 Å². The lowest BCUT2D eigenvalue weighted by Crippen LogP contribution is -2.51. The maximum absolute atomic E-state index is 12.4. The highest BCUT2D eigenvalue weighted by molar-refractivity contribution is 5.90. The zero-order chi connectivity index (χ0) is 20.4. The van der Waals surface area contributed by atoms with Crippen molar-refractivity contribution in [1.82, 2.24) is 16.0 Å². The molecule has 0 aliphatic rings.